The van der Waals surface area contributed by atoms with Crippen molar-refractivity contribution in [2.45, 2.75) is 13.8 Å². The summed E-state index contributed by atoms with van der Waals surface area (Å²) in [6.45, 7) is 3.97. The van der Waals surface area contributed by atoms with E-state index in [1.165, 1.54) is 0 Å². The van der Waals surface area contributed by atoms with Crippen LogP contribution in [0.2, 0.25) is 0 Å². The molecule has 0 aliphatic heterocycles. The number of ether oxygens (including phenoxy) is 1. The lowest BCUT2D eigenvalue weighted by Gasteiger charge is -2.12. The Morgan fingerprint density at radius 3 is 2.46 bits per heavy atom. The Balaban J connectivity index is 1.69. The molecule has 4 aromatic rings. The van der Waals surface area contributed by atoms with Crippen LogP contribution in [0.1, 0.15) is 21.5 Å². The lowest BCUT2D eigenvalue weighted by molar-refractivity contribution is 0.102. The van der Waals surface area contributed by atoms with Gasteiger partial charge in [0.15, 0.2) is 0 Å². The molecule has 3 aromatic carbocycles. The Labute approximate surface area is 167 Å². The molecule has 0 spiro atoms. The second kappa shape index (κ2) is 7.44. The zero-order chi connectivity index (χ0) is 19.7. The highest BCUT2D eigenvalue weighted by Gasteiger charge is 2.14. The number of rotatable bonds is 4. The molecule has 0 fully saturated rings. The van der Waals surface area contributed by atoms with Crippen molar-refractivity contribution in [1.29, 1.82) is 0 Å². The van der Waals surface area contributed by atoms with Gasteiger partial charge in [0.1, 0.15) is 10.8 Å². The number of carbonyl (C=O) groups excluding carboxylic acids is 1. The largest absolute Gasteiger partial charge is 0.495 e. The standard InChI is InChI=1S/C23H20N2O2S/c1-14-10-15(2)12-17(11-14)22(26)24-19-13-16(8-9-20(19)27-3)23-25-18-6-4-5-7-21(18)28-23/h4-13H,1-3H3,(H,24,26). The summed E-state index contributed by atoms with van der Waals surface area (Å²) in [6, 6.07) is 19.6. The molecule has 140 valence electrons. The predicted molar refractivity (Wildman–Crippen MR) is 115 cm³/mol. The summed E-state index contributed by atoms with van der Waals surface area (Å²) in [6.07, 6.45) is 0. The van der Waals surface area contributed by atoms with E-state index in [2.05, 4.69) is 11.4 Å². The molecule has 1 N–H and O–H groups in total. The van der Waals surface area contributed by atoms with Gasteiger partial charge in [-0.2, -0.15) is 0 Å². The van der Waals surface area contributed by atoms with Crippen LogP contribution in [-0.4, -0.2) is 18.0 Å². The van der Waals surface area contributed by atoms with Gasteiger partial charge in [0.05, 0.1) is 23.0 Å². The van der Waals surface area contributed by atoms with Gasteiger partial charge in [0, 0.05) is 11.1 Å². The van der Waals surface area contributed by atoms with Gasteiger partial charge in [-0.25, -0.2) is 4.98 Å². The number of fused-ring (bicyclic) bond motifs is 1. The third kappa shape index (κ3) is 3.62. The molecular formula is C23H20N2O2S. The van der Waals surface area contributed by atoms with E-state index in [9.17, 15) is 4.79 Å². The molecule has 5 heteroatoms. The molecule has 0 saturated heterocycles. The minimum atomic E-state index is -0.161. The first-order valence-electron chi connectivity index (χ1n) is 8.97. The van der Waals surface area contributed by atoms with Gasteiger partial charge in [-0.05, 0) is 56.3 Å². The summed E-state index contributed by atoms with van der Waals surface area (Å²) in [5.41, 5.74) is 5.28. The minimum absolute atomic E-state index is 0.161. The van der Waals surface area contributed by atoms with Crippen LogP contribution >= 0.6 is 11.3 Å². The molecule has 0 aliphatic carbocycles. The Hall–Kier alpha value is -3.18. The number of aryl methyl sites for hydroxylation is 2. The van der Waals surface area contributed by atoms with Crippen LogP contribution in [0.3, 0.4) is 0 Å². The van der Waals surface area contributed by atoms with Crippen molar-refractivity contribution >= 4 is 33.1 Å². The minimum Gasteiger partial charge on any atom is -0.495 e. The summed E-state index contributed by atoms with van der Waals surface area (Å²) in [5, 5.41) is 3.90. The molecule has 0 saturated carbocycles. The van der Waals surface area contributed by atoms with Crippen LogP contribution in [-0.2, 0) is 0 Å². The van der Waals surface area contributed by atoms with Crippen molar-refractivity contribution in [3.63, 3.8) is 0 Å². The summed E-state index contributed by atoms with van der Waals surface area (Å²) in [7, 11) is 1.60. The first-order chi connectivity index (χ1) is 13.5. The monoisotopic (exact) mass is 388 g/mol. The molecule has 0 atom stereocenters. The zero-order valence-electron chi connectivity index (χ0n) is 15.9. The highest BCUT2D eigenvalue weighted by molar-refractivity contribution is 7.21. The average molecular weight is 388 g/mol. The highest BCUT2D eigenvalue weighted by atomic mass is 32.1. The second-order valence-electron chi connectivity index (χ2n) is 6.73. The van der Waals surface area contributed by atoms with Crippen LogP contribution in [0.4, 0.5) is 5.69 Å². The fraction of sp³-hybridized carbons (Fsp3) is 0.130. The number of nitrogens with one attached hydrogen (secondary N) is 1. The normalized spacial score (nSPS) is 10.8. The third-order valence-electron chi connectivity index (χ3n) is 4.47. The van der Waals surface area contributed by atoms with E-state index >= 15 is 0 Å². The molecule has 1 aromatic heterocycles. The highest BCUT2D eigenvalue weighted by Crippen LogP contribution is 2.35. The average Bonchev–Trinajstić information content (AvgIpc) is 3.11. The molecule has 1 amide bonds. The van der Waals surface area contributed by atoms with Crippen molar-refractivity contribution in [1.82, 2.24) is 4.98 Å². The maximum Gasteiger partial charge on any atom is 0.255 e. The molecule has 0 unspecified atom stereocenters. The van der Waals surface area contributed by atoms with Crippen molar-refractivity contribution < 1.29 is 9.53 Å². The number of para-hydroxylation sites is 1. The number of hydrogen-bond donors (Lipinski definition) is 1. The van der Waals surface area contributed by atoms with E-state index in [-0.39, 0.29) is 5.91 Å². The third-order valence-corrected chi connectivity index (χ3v) is 5.56. The summed E-state index contributed by atoms with van der Waals surface area (Å²) < 4.78 is 6.58. The van der Waals surface area contributed by atoms with Gasteiger partial charge < -0.3 is 10.1 Å². The van der Waals surface area contributed by atoms with Crippen molar-refractivity contribution in [2.75, 3.05) is 12.4 Å². The predicted octanol–water partition coefficient (Wildman–Crippen LogP) is 5.84. The van der Waals surface area contributed by atoms with Gasteiger partial charge in [0.2, 0.25) is 0 Å². The lowest BCUT2D eigenvalue weighted by Crippen LogP contribution is -2.13. The number of thiazole rings is 1. The number of methoxy groups -OCH3 is 1. The van der Waals surface area contributed by atoms with Crippen LogP contribution in [0.15, 0.2) is 60.7 Å². The Bertz CT molecular complexity index is 1130. The number of carbonyl (C=O) groups is 1. The lowest BCUT2D eigenvalue weighted by atomic mass is 10.1. The number of aromatic nitrogens is 1. The molecule has 4 rings (SSSR count). The zero-order valence-corrected chi connectivity index (χ0v) is 16.8. The van der Waals surface area contributed by atoms with Crippen LogP contribution in [0.5, 0.6) is 5.75 Å². The number of amides is 1. The maximum absolute atomic E-state index is 12.8. The summed E-state index contributed by atoms with van der Waals surface area (Å²) in [5.74, 6) is 0.453. The summed E-state index contributed by atoms with van der Waals surface area (Å²) >= 11 is 1.63. The number of anilines is 1. The molecule has 4 nitrogen and oxygen atoms in total. The molecule has 0 aliphatic rings. The van der Waals surface area contributed by atoms with Gasteiger partial charge in [-0.1, -0.05) is 29.3 Å². The van der Waals surface area contributed by atoms with E-state index in [4.69, 9.17) is 9.72 Å². The van der Waals surface area contributed by atoms with E-state index in [1.54, 1.807) is 18.4 Å². The summed E-state index contributed by atoms with van der Waals surface area (Å²) in [4.78, 5) is 17.5. The maximum atomic E-state index is 12.8. The Morgan fingerprint density at radius 1 is 1.00 bits per heavy atom. The van der Waals surface area contributed by atoms with Gasteiger partial charge in [-0.15, -0.1) is 11.3 Å². The number of nitrogens with zero attached hydrogens (tertiary/aromatic N) is 1. The number of hydrogen-bond acceptors (Lipinski definition) is 4. The molecule has 0 radical (unpaired) electrons. The van der Waals surface area contributed by atoms with E-state index < -0.39 is 0 Å². The Kier molecular flexibility index (Phi) is 4.84. The second-order valence-corrected chi connectivity index (χ2v) is 7.76. The Morgan fingerprint density at radius 2 is 1.75 bits per heavy atom. The number of benzene rings is 3. The molecule has 0 bridgehead atoms. The first kappa shape index (κ1) is 18.2. The topological polar surface area (TPSA) is 51.2 Å². The van der Waals surface area contributed by atoms with E-state index in [0.29, 0.717) is 17.0 Å². The molecule has 1 heterocycles. The fourth-order valence-corrected chi connectivity index (χ4v) is 4.20. The van der Waals surface area contributed by atoms with E-state index in [0.717, 1.165) is 31.9 Å². The SMILES string of the molecule is COc1ccc(-c2nc3ccccc3s2)cc1NC(=O)c1cc(C)cc(C)c1. The van der Waals surface area contributed by atoms with Crippen LogP contribution in [0, 0.1) is 13.8 Å². The molecular weight excluding hydrogens is 368 g/mol. The van der Waals surface area contributed by atoms with Crippen molar-refractivity contribution in [2.24, 2.45) is 0 Å². The van der Waals surface area contributed by atoms with Gasteiger partial charge in [0.25, 0.3) is 5.91 Å². The van der Waals surface area contributed by atoms with Gasteiger partial charge in [-0.3, -0.25) is 4.79 Å². The van der Waals surface area contributed by atoms with Crippen molar-refractivity contribution in [3.8, 4) is 16.3 Å². The first-order valence-corrected chi connectivity index (χ1v) is 9.79. The van der Waals surface area contributed by atoms with Crippen molar-refractivity contribution in [3.05, 3.63) is 77.4 Å². The van der Waals surface area contributed by atoms with Crippen LogP contribution < -0.4 is 10.1 Å². The van der Waals surface area contributed by atoms with Crippen LogP contribution in [0.25, 0.3) is 20.8 Å². The quantitative estimate of drug-likeness (QED) is 0.478. The fourth-order valence-electron chi connectivity index (χ4n) is 3.23. The smallest absolute Gasteiger partial charge is 0.255 e. The van der Waals surface area contributed by atoms with E-state index in [1.807, 2.05) is 68.4 Å². The molecule has 28 heavy (non-hydrogen) atoms. The van der Waals surface area contributed by atoms with Gasteiger partial charge >= 0.3 is 0 Å².